The molecule has 0 unspecified atom stereocenters. The number of rotatable bonds is 6. The molecule has 1 aliphatic rings. The Bertz CT molecular complexity index is 567. The van der Waals surface area contributed by atoms with Crippen LogP contribution in [-0.2, 0) is 14.0 Å². The number of allylic oxidation sites excluding steroid dienone is 1. The molecule has 0 spiro atoms. The van der Waals surface area contributed by atoms with Gasteiger partial charge in [0.05, 0.1) is 6.04 Å². The summed E-state index contributed by atoms with van der Waals surface area (Å²) in [5, 5.41) is 10.6. The number of nitrogens with zero attached hydrogens (tertiary/aromatic N) is 1. The highest BCUT2D eigenvalue weighted by Gasteiger charge is 2.54. The predicted molar refractivity (Wildman–Crippen MR) is 104 cm³/mol. The third-order valence-corrected chi connectivity index (χ3v) is 10.1. The number of hydrogen-bond acceptors (Lipinski definition) is 5. The summed E-state index contributed by atoms with van der Waals surface area (Å²) in [6.07, 6.45) is 1.35. The van der Waals surface area contributed by atoms with Gasteiger partial charge in [0, 0.05) is 0 Å². The quantitative estimate of drug-likeness (QED) is 0.557. The zero-order valence-electron chi connectivity index (χ0n) is 17.6. The van der Waals surface area contributed by atoms with Crippen LogP contribution in [0.5, 0.6) is 0 Å². The number of carbonyl (C=O) groups excluding carboxylic acids is 2. The van der Waals surface area contributed by atoms with Crippen LogP contribution < -0.4 is 0 Å². The fourth-order valence-electron chi connectivity index (χ4n) is 2.68. The van der Waals surface area contributed by atoms with E-state index in [1.807, 2.05) is 26.9 Å². The summed E-state index contributed by atoms with van der Waals surface area (Å²) in [5.41, 5.74) is -1.56. The molecule has 0 aromatic heterocycles. The van der Waals surface area contributed by atoms with Gasteiger partial charge in [-0.3, -0.25) is 4.79 Å². The first kappa shape index (κ1) is 22.9. The van der Waals surface area contributed by atoms with E-state index >= 15 is 0 Å². The summed E-state index contributed by atoms with van der Waals surface area (Å²) >= 11 is 0. The highest BCUT2D eigenvalue weighted by Crippen LogP contribution is 2.41. The van der Waals surface area contributed by atoms with E-state index in [2.05, 4.69) is 20.8 Å². The number of aliphatic hydroxyl groups excluding tert-OH is 1. The Morgan fingerprint density at radius 3 is 2.31 bits per heavy atom. The number of cyclic esters (lactones) is 1. The molecule has 1 aliphatic heterocycles. The third-order valence-electron chi connectivity index (χ3n) is 5.53. The van der Waals surface area contributed by atoms with Crippen molar-refractivity contribution in [2.75, 3.05) is 6.61 Å². The van der Waals surface area contributed by atoms with Gasteiger partial charge in [0.2, 0.25) is 0 Å². The van der Waals surface area contributed by atoms with E-state index in [0.29, 0.717) is 0 Å². The molecule has 1 fully saturated rings. The van der Waals surface area contributed by atoms with Gasteiger partial charge < -0.3 is 14.3 Å². The standard InChI is InChI=1S/C19H35NO5Si/c1-10-11-15(21)19(7,25-26(8,9)18(4,5)6)16(22)20-14(13(2)3)12-24-17(20)23/h10-11,13-15,21H,12H2,1-9H3/b11-10-/t14-,15+,19-/m1/s1. The zero-order valence-corrected chi connectivity index (χ0v) is 18.6. The van der Waals surface area contributed by atoms with E-state index in [1.54, 1.807) is 19.9 Å². The molecular formula is C19H35NO5Si. The van der Waals surface area contributed by atoms with Crippen molar-refractivity contribution < 1.29 is 23.9 Å². The molecule has 0 radical (unpaired) electrons. The van der Waals surface area contributed by atoms with E-state index in [4.69, 9.17) is 9.16 Å². The van der Waals surface area contributed by atoms with Gasteiger partial charge in [-0.05, 0) is 37.9 Å². The third kappa shape index (κ3) is 4.38. The number of imide groups is 1. The average Bonchev–Trinajstić information content (AvgIpc) is 2.86. The second kappa shape index (κ2) is 7.82. The lowest BCUT2D eigenvalue weighted by molar-refractivity contribution is -0.154. The Labute approximate surface area is 158 Å². The van der Waals surface area contributed by atoms with E-state index in [9.17, 15) is 14.7 Å². The molecule has 150 valence electrons. The molecule has 1 rings (SSSR count). The molecule has 2 amide bonds. The summed E-state index contributed by atoms with van der Waals surface area (Å²) in [5.74, 6) is -0.504. The Hall–Kier alpha value is -1.18. The van der Waals surface area contributed by atoms with Crippen molar-refractivity contribution in [3.05, 3.63) is 12.2 Å². The lowest BCUT2D eigenvalue weighted by atomic mass is 9.94. The van der Waals surface area contributed by atoms with Crippen molar-refractivity contribution in [1.29, 1.82) is 0 Å². The molecule has 0 aromatic rings. The van der Waals surface area contributed by atoms with E-state index in [-0.39, 0.29) is 23.6 Å². The van der Waals surface area contributed by atoms with Gasteiger partial charge in [0.1, 0.15) is 12.7 Å². The highest BCUT2D eigenvalue weighted by atomic mass is 28.4. The smallest absolute Gasteiger partial charge is 0.417 e. The Balaban J connectivity index is 3.37. The number of aliphatic hydroxyl groups is 1. The monoisotopic (exact) mass is 385 g/mol. The number of ether oxygens (including phenoxy) is 1. The van der Waals surface area contributed by atoms with Crippen LogP contribution in [-0.4, -0.2) is 54.7 Å². The van der Waals surface area contributed by atoms with Crippen LogP contribution in [0.15, 0.2) is 12.2 Å². The number of hydrogen-bond donors (Lipinski definition) is 1. The summed E-state index contributed by atoms with van der Waals surface area (Å²) in [6.45, 7) is 17.6. The normalized spacial score (nSPS) is 22.7. The van der Waals surface area contributed by atoms with E-state index in [0.717, 1.165) is 4.90 Å². The fraction of sp³-hybridized carbons (Fsp3) is 0.789. The maximum atomic E-state index is 13.4. The van der Waals surface area contributed by atoms with Gasteiger partial charge in [0.25, 0.3) is 5.91 Å². The van der Waals surface area contributed by atoms with Gasteiger partial charge >= 0.3 is 6.09 Å². The lowest BCUT2D eigenvalue weighted by Gasteiger charge is -2.45. The van der Waals surface area contributed by atoms with Crippen molar-refractivity contribution in [1.82, 2.24) is 4.90 Å². The number of amides is 2. The van der Waals surface area contributed by atoms with Crippen LogP contribution >= 0.6 is 0 Å². The summed E-state index contributed by atoms with van der Waals surface area (Å²) in [6, 6.07) is -0.366. The Morgan fingerprint density at radius 2 is 1.88 bits per heavy atom. The first-order valence-electron chi connectivity index (χ1n) is 9.20. The van der Waals surface area contributed by atoms with Crippen molar-refractivity contribution in [2.45, 2.75) is 84.3 Å². The molecule has 3 atom stereocenters. The molecule has 6 nitrogen and oxygen atoms in total. The van der Waals surface area contributed by atoms with Gasteiger partial charge in [-0.2, -0.15) is 0 Å². The lowest BCUT2D eigenvalue weighted by Crippen LogP contribution is -2.62. The highest BCUT2D eigenvalue weighted by molar-refractivity contribution is 6.74. The molecule has 26 heavy (non-hydrogen) atoms. The molecule has 0 aliphatic carbocycles. The van der Waals surface area contributed by atoms with Crippen molar-refractivity contribution in [3.63, 3.8) is 0 Å². The fourth-order valence-corrected chi connectivity index (χ4v) is 4.25. The molecule has 1 N–H and O–H groups in total. The minimum absolute atomic E-state index is 0.0429. The molecule has 7 heteroatoms. The van der Waals surface area contributed by atoms with Gasteiger partial charge in [0.15, 0.2) is 13.9 Å². The van der Waals surface area contributed by atoms with Gasteiger partial charge in [-0.15, -0.1) is 0 Å². The summed E-state index contributed by atoms with van der Waals surface area (Å²) < 4.78 is 11.5. The largest absolute Gasteiger partial charge is 0.447 e. The number of carbonyl (C=O) groups is 2. The summed E-state index contributed by atoms with van der Waals surface area (Å²) in [7, 11) is -2.41. The van der Waals surface area contributed by atoms with Crippen LogP contribution in [0.2, 0.25) is 18.1 Å². The van der Waals surface area contributed by atoms with Crippen LogP contribution in [0.1, 0.15) is 48.5 Å². The molecule has 0 aromatic carbocycles. The topological polar surface area (TPSA) is 76.1 Å². The molecular weight excluding hydrogens is 350 g/mol. The average molecular weight is 386 g/mol. The predicted octanol–water partition coefficient (Wildman–Crippen LogP) is 3.71. The maximum Gasteiger partial charge on any atom is 0.417 e. The Morgan fingerprint density at radius 1 is 1.35 bits per heavy atom. The first-order chi connectivity index (χ1) is 11.7. The zero-order chi connectivity index (χ0) is 20.5. The van der Waals surface area contributed by atoms with Crippen LogP contribution in [0, 0.1) is 5.92 Å². The first-order valence-corrected chi connectivity index (χ1v) is 12.1. The second-order valence-corrected chi connectivity index (χ2v) is 13.7. The van der Waals surface area contributed by atoms with Crippen LogP contribution in [0.25, 0.3) is 0 Å². The van der Waals surface area contributed by atoms with Crippen molar-refractivity contribution in [3.8, 4) is 0 Å². The SMILES string of the molecule is C/C=C\[C@H](O)[C@@](C)(O[Si](C)(C)C(C)(C)C)C(=O)N1C(=O)OC[C@@H]1C(C)C. The van der Waals surface area contributed by atoms with Crippen LogP contribution in [0.3, 0.4) is 0 Å². The molecule has 0 bridgehead atoms. The van der Waals surface area contributed by atoms with Gasteiger partial charge in [-0.1, -0.05) is 46.8 Å². The van der Waals surface area contributed by atoms with Gasteiger partial charge in [-0.25, -0.2) is 9.69 Å². The maximum absolute atomic E-state index is 13.4. The van der Waals surface area contributed by atoms with E-state index < -0.39 is 32.0 Å². The second-order valence-electron chi connectivity index (χ2n) is 9.00. The molecule has 1 saturated heterocycles. The minimum atomic E-state index is -2.41. The van der Waals surface area contributed by atoms with Crippen LogP contribution in [0.4, 0.5) is 4.79 Å². The van der Waals surface area contributed by atoms with Crippen molar-refractivity contribution >= 4 is 20.3 Å². The summed E-state index contributed by atoms with van der Waals surface area (Å²) in [4.78, 5) is 26.8. The van der Waals surface area contributed by atoms with E-state index in [1.165, 1.54) is 6.08 Å². The minimum Gasteiger partial charge on any atom is -0.447 e. The molecule has 1 heterocycles. The molecule has 0 saturated carbocycles. The van der Waals surface area contributed by atoms with Crippen molar-refractivity contribution in [2.24, 2.45) is 5.92 Å². The Kier molecular flexibility index (Phi) is 6.88.